The molecular formula is C12H26O. The molecule has 1 atom stereocenters. The molecule has 1 N–H and O–H groups in total. The normalized spacial score (nSPS) is 15.9. The number of aliphatic hydroxyl groups is 1. The Morgan fingerprint density at radius 2 is 1.38 bits per heavy atom. The van der Waals surface area contributed by atoms with Crippen LogP contribution in [0.3, 0.4) is 0 Å². The Morgan fingerprint density at radius 1 is 1.00 bits per heavy atom. The van der Waals surface area contributed by atoms with E-state index in [-0.39, 0.29) is 11.5 Å². The highest BCUT2D eigenvalue weighted by Crippen LogP contribution is 2.35. The summed E-state index contributed by atoms with van der Waals surface area (Å²) in [6, 6.07) is 0. The van der Waals surface area contributed by atoms with Crippen molar-refractivity contribution in [3.63, 3.8) is 0 Å². The Balaban J connectivity index is 4.25. The lowest BCUT2D eigenvalue weighted by molar-refractivity contribution is 0.0174. The quantitative estimate of drug-likeness (QED) is 0.711. The summed E-state index contributed by atoms with van der Waals surface area (Å²) in [5.41, 5.74) is 0.332. The van der Waals surface area contributed by atoms with Crippen LogP contribution >= 0.6 is 0 Å². The third-order valence-corrected chi connectivity index (χ3v) is 3.39. The second kappa shape index (κ2) is 4.45. The third-order valence-electron chi connectivity index (χ3n) is 3.39. The largest absolute Gasteiger partial charge is 0.393 e. The van der Waals surface area contributed by atoms with Crippen LogP contribution in [-0.4, -0.2) is 11.2 Å². The summed E-state index contributed by atoms with van der Waals surface area (Å²) in [7, 11) is 0. The molecule has 0 aromatic rings. The molecule has 0 aliphatic heterocycles. The second-order valence-electron chi connectivity index (χ2n) is 5.60. The van der Waals surface area contributed by atoms with Crippen LogP contribution in [-0.2, 0) is 0 Å². The van der Waals surface area contributed by atoms with E-state index in [0.717, 1.165) is 19.3 Å². The Morgan fingerprint density at radius 3 is 1.62 bits per heavy atom. The van der Waals surface area contributed by atoms with Gasteiger partial charge in [-0.3, -0.25) is 0 Å². The lowest BCUT2D eigenvalue weighted by Crippen LogP contribution is -2.32. The van der Waals surface area contributed by atoms with Crippen molar-refractivity contribution in [3.05, 3.63) is 0 Å². The van der Waals surface area contributed by atoms with Gasteiger partial charge in [-0.1, -0.05) is 54.4 Å². The topological polar surface area (TPSA) is 20.2 Å². The van der Waals surface area contributed by atoms with Crippen LogP contribution in [0.15, 0.2) is 0 Å². The van der Waals surface area contributed by atoms with Gasteiger partial charge in [0.15, 0.2) is 0 Å². The lowest BCUT2D eigenvalue weighted by atomic mass is 9.74. The lowest BCUT2D eigenvalue weighted by Gasteiger charge is -2.35. The third kappa shape index (κ3) is 4.12. The van der Waals surface area contributed by atoms with Crippen LogP contribution in [0.1, 0.15) is 60.8 Å². The van der Waals surface area contributed by atoms with Gasteiger partial charge in [-0.05, 0) is 17.3 Å². The minimum Gasteiger partial charge on any atom is -0.393 e. The Hall–Kier alpha value is -0.0400. The molecular weight excluding hydrogens is 160 g/mol. The minimum absolute atomic E-state index is 0.0194. The summed E-state index contributed by atoms with van der Waals surface area (Å²) in [6.45, 7) is 13.0. The monoisotopic (exact) mass is 186 g/mol. The average molecular weight is 186 g/mol. The van der Waals surface area contributed by atoms with Gasteiger partial charge in [-0.15, -0.1) is 0 Å². The van der Waals surface area contributed by atoms with Gasteiger partial charge in [0.2, 0.25) is 0 Å². The van der Waals surface area contributed by atoms with Gasteiger partial charge in [0.25, 0.3) is 0 Å². The standard InChI is InChI=1S/C12H26O/c1-7-12(6,8-2)9-10(13)11(3,4)5/h10,13H,7-9H2,1-6H3. The van der Waals surface area contributed by atoms with E-state index in [2.05, 4.69) is 41.5 Å². The van der Waals surface area contributed by atoms with Crippen LogP contribution in [0.5, 0.6) is 0 Å². The minimum atomic E-state index is -0.183. The Kier molecular flexibility index (Phi) is 4.44. The fraction of sp³-hybridized carbons (Fsp3) is 1.00. The summed E-state index contributed by atoms with van der Waals surface area (Å²) in [4.78, 5) is 0. The molecule has 0 aromatic heterocycles. The first-order valence-corrected chi connectivity index (χ1v) is 5.43. The molecule has 0 saturated heterocycles. The first-order valence-electron chi connectivity index (χ1n) is 5.43. The van der Waals surface area contributed by atoms with Crippen molar-refractivity contribution in [3.8, 4) is 0 Å². The van der Waals surface area contributed by atoms with Gasteiger partial charge in [-0.2, -0.15) is 0 Å². The summed E-state index contributed by atoms with van der Waals surface area (Å²) in [6.07, 6.45) is 3.04. The maximum Gasteiger partial charge on any atom is 0.0593 e. The summed E-state index contributed by atoms with van der Waals surface area (Å²) >= 11 is 0. The maximum atomic E-state index is 9.98. The molecule has 0 aliphatic carbocycles. The SMILES string of the molecule is CCC(C)(CC)CC(O)C(C)(C)C. The van der Waals surface area contributed by atoms with Crippen LogP contribution in [0.25, 0.3) is 0 Å². The molecule has 0 aliphatic rings. The molecule has 0 heterocycles. The molecule has 1 nitrogen and oxygen atoms in total. The molecule has 1 unspecified atom stereocenters. The van der Waals surface area contributed by atoms with Gasteiger partial charge in [0, 0.05) is 0 Å². The number of hydrogen-bond acceptors (Lipinski definition) is 1. The van der Waals surface area contributed by atoms with E-state index in [0.29, 0.717) is 5.41 Å². The van der Waals surface area contributed by atoms with Crippen molar-refractivity contribution in [1.82, 2.24) is 0 Å². The van der Waals surface area contributed by atoms with E-state index in [4.69, 9.17) is 0 Å². The van der Waals surface area contributed by atoms with Crippen molar-refractivity contribution in [2.75, 3.05) is 0 Å². The first kappa shape index (κ1) is 13.0. The predicted octanol–water partition coefficient (Wildman–Crippen LogP) is 3.61. The number of rotatable bonds is 4. The molecule has 0 spiro atoms. The van der Waals surface area contributed by atoms with Crippen LogP contribution in [0.2, 0.25) is 0 Å². The van der Waals surface area contributed by atoms with Crippen molar-refractivity contribution in [1.29, 1.82) is 0 Å². The number of hydrogen-bond donors (Lipinski definition) is 1. The smallest absolute Gasteiger partial charge is 0.0593 e. The highest BCUT2D eigenvalue weighted by atomic mass is 16.3. The van der Waals surface area contributed by atoms with Gasteiger partial charge >= 0.3 is 0 Å². The van der Waals surface area contributed by atoms with Crippen molar-refractivity contribution < 1.29 is 5.11 Å². The zero-order valence-electron chi connectivity index (χ0n) is 10.1. The van der Waals surface area contributed by atoms with Crippen molar-refractivity contribution >= 4 is 0 Å². The maximum absolute atomic E-state index is 9.98. The molecule has 80 valence electrons. The highest BCUT2D eigenvalue weighted by molar-refractivity contribution is 4.81. The second-order valence-corrected chi connectivity index (χ2v) is 5.60. The number of aliphatic hydroxyl groups excluding tert-OH is 1. The molecule has 0 radical (unpaired) electrons. The van der Waals surface area contributed by atoms with E-state index < -0.39 is 0 Å². The van der Waals surface area contributed by atoms with E-state index in [9.17, 15) is 5.11 Å². The van der Waals surface area contributed by atoms with Gasteiger partial charge in [-0.25, -0.2) is 0 Å². The van der Waals surface area contributed by atoms with E-state index >= 15 is 0 Å². The Bertz CT molecular complexity index is 140. The summed E-state index contributed by atoms with van der Waals surface area (Å²) in [5.74, 6) is 0. The van der Waals surface area contributed by atoms with E-state index in [1.165, 1.54) is 0 Å². The van der Waals surface area contributed by atoms with Crippen LogP contribution in [0, 0.1) is 10.8 Å². The summed E-state index contributed by atoms with van der Waals surface area (Å²) < 4.78 is 0. The molecule has 0 amide bonds. The molecule has 0 rings (SSSR count). The fourth-order valence-electron chi connectivity index (χ4n) is 1.31. The zero-order chi connectivity index (χ0) is 10.7. The molecule has 0 fully saturated rings. The molecule has 0 bridgehead atoms. The van der Waals surface area contributed by atoms with Crippen molar-refractivity contribution in [2.24, 2.45) is 10.8 Å². The Labute approximate surface area is 83.5 Å². The first-order chi connectivity index (χ1) is 5.75. The molecule has 0 aromatic carbocycles. The van der Waals surface area contributed by atoms with Crippen molar-refractivity contribution in [2.45, 2.75) is 66.9 Å². The van der Waals surface area contributed by atoms with Gasteiger partial charge in [0.1, 0.15) is 0 Å². The van der Waals surface area contributed by atoms with Crippen LogP contribution in [0.4, 0.5) is 0 Å². The summed E-state index contributed by atoms with van der Waals surface area (Å²) in [5, 5.41) is 9.98. The fourth-order valence-corrected chi connectivity index (χ4v) is 1.31. The van der Waals surface area contributed by atoms with Gasteiger partial charge < -0.3 is 5.11 Å². The van der Waals surface area contributed by atoms with E-state index in [1.54, 1.807) is 0 Å². The average Bonchev–Trinajstić information content (AvgIpc) is 2.02. The highest BCUT2D eigenvalue weighted by Gasteiger charge is 2.30. The van der Waals surface area contributed by atoms with Gasteiger partial charge in [0.05, 0.1) is 6.10 Å². The zero-order valence-corrected chi connectivity index (χ0v) is 10.1. The van der Waals surface area contributed by atoms with Crippen LogP contribution < -0.4 is 0 Å². The molecule has 0 saturated carbocycles. The van der Waals surface area contributed by atoms with E-state index in [1.807, 2.05) is 0 Å². The molecule has 1 heteroatoms. The molecule has 13 heavy (non-hydrogen) atoms. The predicted molar refractivity (Wildman–Crippen MR) is 58.8 cm³/mol.